The Balaban J connectivity index is 1.59. The molecular weight excluding hydrogens is 296 g/mol. The van der Waals surface area contributed by atoms with Crippen molar-refractivity contribution in [3.05, 3.63) is 48.3 Å². The van der Waals surface area contributed by atoms with Crippen LogP contribution in [0, 0.1) is 0 Å². The van der Waals surface area contributed by atoms with Crippen molar-refractivity contribution < 1.29 is 14.3 Å². The number of ether oxygens (including phenoxy) is 2. The Morgan fingerprint density at radius 3 is 2.61 bits per heavy atom. The molecule has 2 heterocycles. The Bertz CT molecular complexity index is 897. The fourth-order valence-electron chi connectivity index (χ4n) is 2.29. The lowest BCUT2D eigenvalue weighted by Crippen LogP contribution is -2.18. The van der Waals surface area contributed by atoms with Crippen LogP contribution in [-0.2, 0) is 0 Å². The van der Waals surface area contributed by atoms with Gasteiger partial charge in [0.15, 0.2) is 11.5 Å². The largest absolute Gasteiger partial charge is 0.486 e. The number of nitrogens with zero attached hydrogens (tertiary/aromatic N) is 3. The Morgan fingerprint density at radius 2 is 1.74 bits per heavy atom. The van der Waals surface area contributed by atoms with Gasteiger partial charge in [-0.15, -0.1) is 10.2 Å². The Hall–Kier alpha value is -3.22. The number of para-hydroxylation sites is 1. The Kier molecular flexibility index (Phi) is 3.23. The van der Waals surface area contributed by atoms with Gasteiger partial charge in [-0.05, 0) is 24.3 Å². The first kappa shape index (κ1) is 13.4. The van der Waals surface area contributed by atoms with Crippen LogP contribution in [-0.4, -0.2) is 34.3 Å². The molecule has 4 rings (SSSR count). The van der Waals surface area contributed by atoms with E-state index in [-0.39, 0.29) is 5.82 Å². The quantitative estimate of drug-likeness (QED) is 0.779. The van der Waals surface area contributed by atoms with Gasteiger partial charge in [0.05, 0.1) is 5.52 Å². The molecular formula is C16H12N4O3. The molecule has 0 bridgehead atoms. The monoisotopic (exact) mass is 308 g/mol. The van der Waals surface area contributed by atoms with Crippen LogP contribution in [0.5, 0.6) is 11.5 Å². The van der Waals surface area contributed by atoms with Crippen LogP contribution < -0.4 is 14.8 Å². The Morgan fingerprint density at radius 1 is 0.957 bits per heavy atom. The van der Waals surface area contributed by atoms with E-state index in [2.05, 4.69) is 20.5 Å². The summed E-state index contributed by atoms with van der Waals surface area (Å²) < 4.78 is 10.9. The lowest BCUT2D eigenvalue weighted by molar-refractivity contribution is 0.101. The molecule has 7 heteroatoms. The predicted octanol–water partition coefficient (Wildman–Crippen LogP) is 2.05. The van der Waals surface area contributed by atoms with Crippen molar-refractivity contribution in [2.75, 3.05) is 18.5 Å². The number of carbonyl (C=O) groups excluding carboxylic acids is 1. The number of amides is 1. The van der Waals surface area contributed by atoms with E-state index in [1.807, 2.05) is 12.1 Å². The molecule has 2 aromatic carbocycles. The highest BCUT2D eigenvalue weighted by Crippen LogP contribution is 2.32. The number of hydrogen-bond donors (Lipinski definition) is 1. The van der Waals surface area contributed by atoms with Crippen molar-refractivity contribution in [1.29, 1.82) is 0 Å². The third-order valence-corrected chi connectivity index (χ3v) is 3.36. The van der Waals surface area contributed by atoms with E-state index in [4.69, 9.17) is 9.47 Å². The van der Waals surface area contributed by atoms with Crippen LogP contribution in [0.1, 0.15) is 10.6 Å². The smallest absolute Gasteiger partial charge is 0.295 e. The van der Waals surface area contributed by atoms with Crippen molar-refractivity contribution in [2.45, 2.75) is 0 Å². The van der Waals surface area contributed by atoms with Crippen molar-refractivity contribution >= 4 is 22.6 Å². The number of benzene rings is 2. The van der Waals surface area contributed by atoms with E-state index >= 15 is 0 Å². The van der Waals surface area contributed by atoms with E-state index in [1.165, 1.54) is 0 Å². The van der Waals surface area contributed by atoms with Crippen LogP contribution in [0.4, 0.5) is 5.69 Å². The van der Waals surface area contributed by atoms with E-state index in [1.54, 1.807) is 30.3 Å². The summed E-state index contributed by atoms with van der Waals surface area (Å²) in [6.45, 7) is 1.01. The molecule has 23 heavy (non-hydrogen) atoms. The minimum atomic E-state index is -0.431. The summed E-state index contributed by atoms with van der Waals surface area (Å²) in [7, 11) is 0. The lowest BCUT2D eigenvalue weighted by atomic mass is 10.2. The average molecular weight is 308 g/mol. The van der Waals surface area contributed by atoms with Gasteiger partial charge in [-0.25, -0.2) is 4.98 Å². The van der Waals surface area contributed by atoms with Crippen LogP contribution >= 0.6 is 0 Å². The SMILES string of the molecule is O=C(Nc1ccc2c(c1)OCCO2)c1nnc2ccccc2n1. The highest BCUT2D eigenvalue weighted by Gasteiger charge is 2.15. The molecule has 0 saturated carbocycles. The summed E-state index contributed by atoms with van der Waals surface area (Å²) in [6.07, 6.45) is 0. The zero-order valence-electron chi connectivity index (χ0n) is 12.0. The van der Waals surface area contributed by atoms with Crippen LogP contribution in [0.2, 0.25) is 0 Å². The normalized spacial score (nSPS) is 12.9. The second-order valence-electron chi connectivity index (χ2n) is 4.94. The minimum Gasteiger partial charge on any atom is -0.486 e. The van der Waals surface area contributed by atoms with Gasteiger partial charge in [0.1, 0.15) is 18.7 Å². The number of aromatic nitrogens is 3. The van der Waals surface area contributed by atoms with Gasteiger partial charge < -0.3 is 14.8 Å². The van der Waals surface area contributed by atoms with Crippen molar-refractivity contribution in [3.8, 4) is 11.5 Å². The molecule has 0 aliphatic carbocycles. The number of anilines is 1. The fourth-order valence-corrected chi connectivity index (χ4v) is 2.29. The maximum Gasteiger partial charge on any atom is 0.295 e. The maximum absolute atomic E-state index is 12.3. The molecule has 0 atom stereocenters. The molecule has 0 radical (unpaired) electrons. The topological polar surface area (TPSA) is 86.2 Å². The fraction of sp³-hybridized carbons (Fsp3) is 0.125. The summed E-state index contributed by atoms with van der Waals surface area (Å²) in [5.74, 6) is 0.850. The molecule has 1 aliphatic heterocycles. The number of hydrogen-bond acceptors (Lipinski definition) is 6. The molecule has 1 N–H and O–H groups in total. The molecule has 1 amide bonds. The highest BCUT2D eigenvalue weighted by molar-refractivity contribution is 6.02. The first-order valence-corrected chi connectivity index (χ1v) is 7.10. The molecule has 0 fully saturated rings. The molecule has 7 nitrogen and oxygen atoms in total. The third-order valence-electron chi connectivity index (χ3n) is 3.36. The molecule has 1 aliphatic rings. The zero-order valence-corrected chi connectivity index (χ0v) is 12.0. The van der Waals surface area contributed by atoms with Gasteiger partial charge >= 0.3 is 0 Å². The molecule has 114 valence electrons. The third kappa shape index (κ3) is 2.64. The summed E-state index contributed by atoms with van der Waals surface area (Å²) >= 11 is 0. The number of carbonyl (C=O) groups is 1. The lowest BCUT2D eigenvalue weighted by Gasteiger charge is -2.18. The predicted molar refractivity (Wildman–Crippen MR) is 82.7 cm³/mol. The molecule has 0 unspecified atom stereocenters. The summed E-state index contributed by atoms with van der Waals surface area (Å²) in [5.41, 5.74) is 1.84. The van der Waals surface area contributed by atoms with Gasteiger partial charge in [0.2, 0.25) is 5.82 Å². The van der Waals surface area contributed by atoms with E-state index in [0.717, 1.165) is 0 Å². The molecule has 0 saturated heterocycles. The highest BCUT2D eigenvalue weighted by atomic mass is 16.6. The van der Waals surface area contributed by atoms with Crippen LogP contribution in [0.25, 0.3) is 11.0 Å². The van der Waals surface area contributed by atoms with Gasteiger partial charge in [-0.1, -0.05) is 12.1 Å². The van der Waals surface area contributed by atoms with Gasteiger partial charge in [0, 0.05) is 11.8 Å². The molecule has 1 aromatic heterocycles. The molecule has 0 spiro atoms. The van der Waals surface area contributed by atoms with Gasteiger partial charge in [-0.3, -0.25) is 4.79 Å². The van der Waals surface area contributed by atoms with Crippen molar-refractivity contribution in [3.63, 3.8) is 0 Å². The molecule has 3 aromatic rings. The summed E-state index contributed by atoms with van der Waals surface area (Å²) in [4.78, 5) is 16.5. The number of fused-ring (bicyclic) bond motifs is 2. The van der Waals surface area contributed by atoms with Crippen molar-refractivity contribution in [2.24, 2.45) is 0 Å². The van der Waals surface area contributed by atoms with E-state index < -0.39 is 5.91 Å². The second kappa shape index (κ2) is 5.53. The van der Waals surface area contributed by atoms with Crippen LogP contribution in [0.3, 0.4) is 0 Å². The summed E-state index contributed by atoms with van der Waals surface area (Å²) in [6, 6.07) is 12.4. The van der Waals surface area contributed by atoms with Crippen LogP contribution in [0.15, 0.2) is 42.5 Å². The first-order valence-electron chi connectivity index (χ1n) is 7.10. The standard InChI is InChI=1S/C16H12N4O3/c21-16(15-18-11-3-1-2-4-12(11)19-20-15)17-10-5-6-13-14(9-10)23-8-7-22-13/h1-6,9H,7-8H2,(H,17,21). The Labute approximate surface area is 131 Å². The van der Waals surface area contributed by atoms with E-state index in [0.29, 0.717) is 41.4 Å². The average Bonchev–Trinajstić information content (AvgIpc) is 2.61. The van der Waals surface area contributed by atoms with Gasteiger partial charge in [0.25, 0.3) is 5.91 Å². The first-order chi connectivity index (χ1) is 11.3. The maximum atomic E-state index is 12.3. The van der Waals surface area contributed by atoms with Gasteiger partial charge in [-0.2, -0.15) is 0 Å². The van der Waals surface area contributed by atoms with E-state index in [9.17, 15) is 4.79 Å². The minimum absolute atomic E-state index is 0.0126. The second-order valence-corrected chi connectivity index (χ2v) is 4.94. The number of nitrogens with one attached hydrogen (secondary N) is 1. The summed E-state index contributed by atoms with van der Waals surface area (Å²) in [5, 5.41) is 10.6. The van der Waals surface area contributed by atoms with Crippen molar-refractivity contribution in [1.82, 2.24) is 15.2 Å². The number of rotatable bonds is 2. The zero-order chi connectivity index (χ0) is 15.6.